The maximum absolute atomic E-state index is 13.9. The summed E-state index contributed by atoms with van der Waals surface area (Å²) in [6.07, 6.45) is 1.64. The summed E-state index contributed by atoms with van der Waals surface area (Å²) in [5, 5.41) is 0.291. The van der Waals surface area contributed by atoms with E-state index in [0.29, 0.717) is 27.8 Å². The lowest BCUT2D eigenvalue weighted by molar-refractivity contribution is 0.101. The molecule has 0 saturated carbocycles. The molecule has 1 heterocycles. The molecule has 0 radical (unpaired) electrons. The molecule has 0 amide bonds. The average Bonchev–Trinajstić information content (AvgIpc) is 3.03. The van der Waals surface area contributed by atoms with E-state index in [9.17, 15) is 9.18 Å². The monoisotopic (exact) mass is 410 g/mol. The molecular formula is C23H16ClFO4. The minimum absolute atomic E-state index is 0.0395. The quantitative estimate of drug-likeness (QED) is 0.507. The molecule has 1 aliphatic rings. The number of para-hydroxylation sites is 1. The Morgan fingerprint density at radius 2 is 1.93 bits per heavy atom. The summed E-state index contributed by atoms with van der Waals surface area (Å²) in [7, 11) is 1.56. The van der Waals surface area contributed by atoms with E-state index in [0.717, 1.165) is 5.56 Å². The Kier molecular flexibility index (Phi) is 5.23. The number of methoxy groups -OCH3 is 1. The van der Waals surface area contributed by atoms with Gasteiger partial charge in [-0.3, -0.25) is 4.79 Å². The summed E-state index contributed by atoms with van der Waals surface area (Å²) in [5.74, 6) is 0.987. The third-order valence-electron chi connectivity index (χ3n) is 4.51. The predicted molar refractivity (Wildman–Crippen MR) is 108 cm³/mol. The second kappa shape index (κ2) is 7.97. The topological polar surface area (TPSA) is 44.8 Å². The standard InChI is InChI=1S/C23H16ClFO4/c1-27-20-8-3-2-5-14(20)11-22-23(26)16-10-9-15(12-21(16)29-22)28-13-17-18(24)6-4-7-19(17)25/h2-12H,13H2,1H3/b22-11+. The van der Waals surface area contributed by atoms with E-state index in [4.69, 9.17) is 25.8 Å². The molecule has 0 N–H and O–H groups in total. The minimum atomic E-state index is -0.438. The van der Waals surface area contributed by atoms with Crippen LogP contribution in [0, 0.1) is 5.82 Å². The van der Waals surface area contributed by atoms with Crippen LogP contribution in [0.15, 0.2) is 66.4 Å². The van der Waals surface area contributed by atoms with Crippen LogP contribution in [-0.4, -0.2) is 12.9 Å². The predicted octanol–water partition coefficient (Wildman–Crippen LogP) is 5.68. The summed E-state index contributed by atoms with van der Waals surface area (Å²) in [4.78, 5) is 12.6. The van der Waals surface area contributed by atoms with Gasteiger partial charge in [-0.25, -0.2) is 4.39 Å². The van der Waals surface area contributed by atoms with Gasteiger partial charge in [-0.2, -0.15) is 0 Å². The number of ketones is 1. The SMILES string of the molecule is COc1ccccc1/C=C1/Oc2cc(OCc3c(F)cccc3Cl)ccc2C1=O. The van der Waals surface area contributed by atoms with E-state index < -0.39 is 5.82 Å². The van der Waals surface area contributed by atoms with E-state index in [2.05, 4.69) is 0 Å². The Bertz CT molecular complexity index is 1100. The minimum Gasteiger partial charge on any atom is -0.496 e. The van der Waals surface area contributed by atoms with Gasteiger partial charge >= 0.3 is 0 Å². The van der Waals surface area contributed by atoms with E-state index in [-0.39, 0.29) is 23.7 Å². The lowest BCUT2D eigenvalue weighted by Gasteiger charge is -2.09. The fraction of sp³-hybridized carbons (Fsp3) is 0.0870. The van der Waals surface area contributed by atoms with Gasteiger partial charge in [-0.05, 0) is 36.4 Å². The van der Waals surface area contributed by atoms with Gasteiger partial charge in [0, 0.05) is 17.2 Å². The lowest BCUT2D eigenvalue weighted by Crippen LogP contribution is -1.99. The number of hydrogen-bond acceptors (Lipinski definition) is 4. The molecule has 4 nitrogen and oxygen atoms in total. The van der Waals surface area contributed by atoms with Crippen molar-refractivity contribution in [3.63, 3.8) is 0 Å². The molecule has 3 aromatic carbocycles. The zero-order valence-corrected chi connectivity index (χ0v) is 16.2. The van der Waals surface area contributed by atoms with Gasteiger partial charge in [-0.15, -0.1) is 0 Å². The summed E-state index contributed by atoms with van der Waals surface area (Å²) in [6, 6.07) is 16.7. The number of carbonyl (C=O) groups excluding carboxylic acids is 1. The molecule has 0 spiro atoms. The highest BCUT2D eigenvalue weighted by Gasteiger charge is 2.28. The summed E-state index contributed by atoms with van der Waals surface area (Å²) < 4.78 is 30.6. The molecule has 0 saturated heterocycles. The Morgan fingerprint density at radius 3 is 2.72 bits per heavy atom. The smallest absolute Gasteiger partial charge is 0.231 e. The second-order valence-electron chi connectivity index (χ2n) is 6.33. The first-order valence-electron chi connectivity index (χ1n) is 8.84. The number of carbonyl (C=O) groups is 1. The van der Waals surface area contributed by atoms with Crippen molar-refractivity contribution in [3.05, 3.63) is 94.0 Å². The third kappa shape index (κ3) is 3.82. The highest BCUT2D eigenvalue weighted by Crippen LogP contribution is 2.36. The third-order valence-corrected chi connectivity index (χ3v) is 4.87. The molecule has 0 atom stereocenters. The first-order valence-corrected chi connectivity index (χ1v) is 9.21. The van der Waals surface area contributed by atoms with Crippen molar-refractivity contribution in [2.45, 2.75) is 6.61 Å². The summed E-state index contributed by atoms with van der Waals surface area (Å²) in [6.45, 7) is -0.0395. The van der Waals surface area contributed by atoms with Crippen molar-refractivity contribution in [3.8, 4) is 17.2 Å². The van der Waals surface area contributed by atoms with Crippen LogP contribution in [0.5, 0.6) is 17.2 Å². The van der Waals surface area contributed by atoms with Crippen molar-refractivity contribution < 1.29 is 23.4 Å². The van der Waals surface area contributed by atoms with Gasteiger partial charge in [0.1, 0.15) is 29.7 Å². The van der Waals surface area contributed by atoms with Crippen LogP contribution in [0.1, 0.15) is 21.5 Å². The van der Waals surface area contributed by atoms with E-state index in [1.54, 1.807) is 43.5 Å². The van der Waals surface area contributed by atoms with Crippen LogP contribution in [0.25, 0.3) is 6.08 Å². The van der Waals surface area contributed by atoms with Crippen molar-refractivity contribution in [1.82, 2.24) is 0 Å². The molecule has 0 aromatic heterocycles. The van der Waals surface area contributed by atoms with Gasteiger partial charge in [0.15, 0.2) is 5.76 Å². The van der Waals surface area contributed by atoms with Gasteiger partial charge < -0.3 is 14.2 Å². The Balaban J connectivity index is 1.55. The molecule has 29 heavy (non-hydrogen) atoms. The van der Waals surface area contributed by atoms with E-state index in [1.807, 2.05) is 18.2 Å². The zero-order valence-electron chi connectivity index (χ0n) is 15.4. The number of halogens is 2. The molecule has 4 rings (SSSR count). The number of rotatable bonds is 5. The molecule has 3 aromatic rings. The van der Waals surface area contributed by atoms with Crippen LogP contribution in [0.4, 0.5) is 4.39 Å². The number of fused-ring (bicyclic) bond motifs is 1. The molecule has 0 unspecified atom stereocenters. The maximum Gasteiger partial charge on any atom is 0.231 e. The first kappa shape index (κ1) is 19.0. The van der Waals surface area contributed by atoms with Crippen molar-refractivity contribution >= 4 is 23.5 Å². The van der Waals surface area contributed by atoms with Gasteiger partial charge in [0.05, 0.1) is 17.7 Å². The van der Waals surface area contributed by atoms with Crippen LogP contribution in [0.2, 0.25) is 5.02 Å². The van der Waals surface area contributed by atoms with Crippen LogP contribution < -0.4 is 14.2 Å². The normalized spacial score (nSPS) is 13.9. The van der Waals surface area contributed by atoms with Gasteiger partial charge in [0.2, 0.25) is 5.78 Å². The molecule has 1 aliphatic heterocycles. The van der Waals surface area contributed by atoms with Crippen molar-refractivity contribution in [1.29, 1.82) is 0 Å². The number of Topliss-reactive ketones (excluding diaryl/α,β-unsaturated/α-hetero) is 1. The highest BCUT2D eigenvalue weighted by atomic mass is 35.5. The fourth-order valence-corrected chi connectivity index (χ4v) is 3.23. The average molecular weight is 411 g/mol. The van der Waals surface area contributed by atoms with E-state index >= 15 is 0 Å². The molecule has 0 aliphatic carbocycles. The van der Waals surface area contributed by atoms with Crippen molar-refractivity contribution in [2.75, 3.05) is 7.11 Å². The largest absolute Gasteiger partial charge is 0.496 e. The van der Waals surface area contributed by atoms with Crippen LogP contribution >= 0.6 is 11.6 Å². The van der Waals surface area contributed by atoms with Crippen molar-refractivity contribution in [2.24, 2.45) is 0 Å². The lowest BCUT2D eigenvalue weighted by atomic mass is 10.1. The number of ether oxygens (including phenoxy) is 3. The van der Waals surface area contributed by atoms with Crippen LogP contribution in [0.3, 0.4) is 0 Å². The Hall–Kier alpha value is -3.31. The number of allylic oxidation sites excluding steroid dienone is 1. The molecule has 146 valence electrons. The Labute approximate surface area is 172 Å². The molecular weight excluding hydrogens is 395 g/mol. The molecule has 0 fully saturated rings. The maximum atomic E-state index is 13.9. The van der Waals surface area contributed by atoms with Gasteiger partial charge in [0.25, 0.3) is 0 Å². The number of hydrogen-bond donors (Lipinski definition) is 0. The molecule has 6 heteroatoms. The molecule has 0 bridgehead atoms. The van der Waals surface area contributed by atoms with Gasteiger partial charge in [-0.1, -0.05) is 35.9 Å². The van der Waals surface area contributed by atoms with E-state index in [1.165, 1.54) is 12.1 Å². The van der Waals surface area contributed by atoms with Crippen LogP contribution in [-0.2, 0) is 6.61 Å². The Morgan fingerprint density at radius 1 is 1.10 bits per heavy atom. The fourth-order valence-electron chi connectivity index (χ4n) is 3.01. The summed E-state index contributed by atoms with van der Waals surface area (Å²) >= 11 is 6.02. The number of benzene rings is 3. The first-order chi connectivity index (χ1) is 14.1. The second-order valence-corrected chi connectivity index (χ2v) is 6.74. The zero-order chi connectivity index (χ0) is 20.4. The highest BCUT2D eigenvalue weighted by molar-refractivity contribution is 6.31. The summed E-state index contributed by atoms with van der Waals surface area (Å²) in [5.41, 5.74) is 1.43.